The number of hydrogen-bond acceptors (Lipinski definition) is 10. The molecule has 5 rings (SSSR count). The summed E-state index contributed by atoms with van der Waals surface area (Å²) in [6.45, 7) is 2.41. The zero-order chi connectivity index (χ0) is 24.7. The third kappa shape index (κ3) is 5.75. The number of anilines is 3. The van der Waals surface area contributed by atoms with E-state index in [0.717, 1.165) is 28.7 Å². The van der Waals surface area contributed by atoms with Gasteiger partial charge in [-0.3, -0.25) is 4.98 Å². The lowest BCUT2D eigenvalue weighted by Crippen LogP contribution is -2.37. The van der Waals surface area contributed by atoms with Crippen molar-refractivity contribution >= 4 is 34.7 Å². The number of benzene rings is 1. The Bertz CT molecular complexity index is 1350. The van der Waals surface area contributed by atoms with Gasteiger partial charge in [-0.15, -0.1) is 5.11 Å². The Kier molecular flexibility index (Phi) is 7.29. The van der Waals surface area contributed by atoms with Gasteiger partial charge < -0.3 is 15.0 Å². The van der Waals surface area contributed by atoms with E-state index in [9.17, 15) is 4.39 Å². The first-order valence-corrected chi connectivity index (χ1v) is 11.5. The summed E-state index contributed by atoms with van der Waals surface area (Å²) in [6.07, 6.45) is 7.71. The van der Waals surface area contributed by atoms with Crippen LogP contribution in [-0.4, -0.2) is 51.2 Å². The van der Waals surface area contributed by atoms with Crippen molar-refractivity contribution < 1.29 is 9.13 Å². The molecule has 4 heterocycles. The van der Waals surface area contributed by atoms with Crippen LogP contribution in [0.2, 0.25) is 5.02 Å². The minimum Gasteiger partial charge on any atom is -0.378 e. The normalized spacial score (nSPS) is 13.8. The number of hydrogen-bond donors (Lipinski definition) is 1. The fourth-order valence-electron chi connectivity index (χ4n) is 3.59. The summed E-state index contributed by atoms with van der Waals surface area (Å²) in [5, 5.41) is 12.0. The van der Waals surface area contributed by atoms with Crippen LogP contribution in [0, 0.1) is 5.82 Å². The minimum atomic E-state index is -0.495. The molecular weight excluding hydrogens is 485 g/mol. The molecule has 3 aromatic heterocycles. The Labute approximate surface area is 211 Å². The van der Waals surface area contributed by atoms with E-state index in [1.54, 1.807) is 18.6 Å². The molecule has 1 aromatic carbocycles. The van der Waals surface area contributed by atoms with Gasteiger partial charge in [-0.2, -0.15) is 10.1 Å². The van der Waals surface area contributed by atoms with Crippen LogP contribution in [0.15, 0.2) is 71.7 Å². The second-order valence-electron chi connectivity index (χ2n) is 7.83. The number of pyridine rings is 1. The maximum absolute atomic E-state index is 14.1. The molecule has 0 saturated carbocycles. The number of nitrogens with one attached hydrogen (secondary N) is 1. The quantitative estimate of drug-likeness (QED) is 0.349. The summed E-state index contributed by atoms with van der Waals surface area (Å²) in [6, 6.07) is 9.39. The average molecular weight is 506 g/mol. The van der Waals surface area contributed by atoms with Gasteiger partial charge in [-0.1, -0.05) is 17.7 Å². The number of ether oxygens (including phenoxy) is 1. The van der Waals surface area contributed by atoms with Gasteiger partial charge in [0.25, 0.3) is 5.95 Å². The number of halogens is 2. The summed E-state index contributed by atoms with van der Waals surface area (Å²) in [5.74, 6) is -0.190. The maximum Gasteiger partial charge on any atom is 0.270 e. The van der Waals surface area contributed by atoms with Gasteiger partial charge in [-0.25, -0.2) is 19.3 Å². The van der Waals surface area contributed by atoms with Crippen molar-refractivity contribution in [2.45, 2.75) is 6.54 Å². The summed E-state index contributed by atoms with van der Waals surface area (Å²) in [5.41, 5.74) is 4.01. The standard InChI is InChI=1S/C24H21ClFN9O/c25-21-9-17(3-4-20(21)16-10-27-15-28-11-16)32-19-2-1-18(29-12-19)13-31-34-24-30-14-22(26)23(33-24)35-5-7-36-8-6-35/h1-4,9-12,14-15,32H,5-8,13H2. The molecule has 182 valence electrons. The van der Waals surface area contributed by atoms with Crippen molar-refractivity contribution in [3.63, 3.8) is 0 Å². The zero-order valence-electron chi connectivity index (χ0n) is 19.1. The Morgan fingerprint density at radius 2 is 1.81 bits per heavy atom. The maximum atomic E-state index is 14.1. The van der Waals surface area contributed by atoms with Crippen LogP contribution in [0.25, 0.3) is 11.1 Å². The summed E-state index contributed by atoms with van der Waals surface area (Å²) >= 11 is 6.45. The van der Waals surface area contributed by atoms with Crippen molar-refractivity contribution in [2.75, 3.05) is 36.5 Å². The highest BCUT2D eigenvalue weighted by Gasteiger charge is 2.17. The number of morpholine rings is 1. The molecule has 0 bridgehead atoms. The van der Waals surface area contributed by atoms with Gasteiger partial charge in [0.15, 0.2) is 11.6 Å². The molecule has 0 radical (unpaired) electrons. The Balaban J connectivity index is 1.20. The fourth-order valence-corrected chi connectivity index (χ4v) is 3.88. The van der Waals surface area contributed by atoms with Crippen molar-refractivity contribution in [1.82, 2.24) is 24.9 Å². The molecule has 0 spiro atoms. The van der Waals surface area contributed by atoms with Crippen LogP contribution >= 0.6 is 11.6 Å². The van der Waals surface area contributed by atoms with Gasteiger partial charge >= 0.3 is 0 Å². The average Bonchev–Trinajstić information content (AvgIpc) is 2.92. The lowest BCUT2D eigenvalue weighted by Gasteiger charge is -2.27. The Morgan fingerprint density at radius 3 is 2.56 bits per heavy atom. The second-order valence-corrected chi connectivity index (χ2v) is 8.23. The Hall–Kier alpha value is -4.09. The van der Waals surface area contributed by atoms with Crippen molar-refractivity contribution in [2.24, 2.45) is 10.2 Å². The molecule has 10 nitrogen and oxygen atoms in total. The molecule has 36 heavy (non-hydrogen) atoms. The largest absolute Gasteiger partial charge is 0.378 e. The van der Waals surface area contributed by atoms with Crippen LogP contribution < -0.4 is 10.2 Å². The van der Waals surface area contributed by atoms with Gasteiger partial charge in [0, 0.05) is 42.3 Å². The lowest BCUT2D eigenvalue weighted by atomic mass is 10.1. The molecule has 0 unspecified atom stereocenters. The lowest BCUT2D eigenvalue weighted by molar-refractivity contribution is 0.122. The summed E-state index contributed by atoms with van der Waals surface area (Å²) in [4.78, 5) is 22.4. The summed E-state index contributed by atoms with van der Waals surface area (Å²) < 4.78 is 19.4. The summed E-state index contributed by atoms with van der Waals surface area (Å²) in [7, 11) is 0. The highest BCUT2D eigenvalue weighted by molar-refractivity contribution is 6.33. The van der Waals surface area contributed by atoms with Crippen LogP contribution in [0.4, 0.5) is 27.5 Å². The van der Waals surface area contributed by atoms with Gasteiger partial charge in [0.05, 0.1) is 42.0 Å². The molecule has 1 fully saturated rings. The highest BCUT2D eigenvalue weighted by atomic mass is 35.5. The molecule has 12 heteroatoms. The molecule has 1 N–H and O–H groups in total. The minimum absolute atomic E-state index is 0.0959. The van der Waals surface area contributed by atoms with E-state index >= 15 is 0 Å². The van der Waals surface area contributed by atoms with Gasteiger partial charge in [-0.05, 0) is 24.3 Å². The number of rotatable bonds is 7. The van der Waals surface area contributed by atoms with Gasteiger partial charge in [0.1, 0.15) is 12.9 Å². The smallest absolute Gasteiger partial charge is 0.270 e. The van der Waals surface area contributed by atoms with Crippen LogP contribution in [-0.2, 0) is 11.3 Å². The molecule has 1 saturated heterocycles. The molecular formula is C24H21ClFN9O. The van der Waals surface area contributed by atoms with E-state index in [-0.39, 0.29) is 18.3 Å². The number of nitrogens with zero attached hydrogens (tertiary/aromatic N) is 8. The number of azo groups is 1. The highest BCUT2D eigenvalue weighted by Crippen LogP contribution is 2.30. The van der Waals surface area contributed by atoms with E-state index in [1.807, 2.05) is 35.2 Å². The van der Waals surface area contributed by atoms with Crippen molar-refractivity contribution in [1.29, 1.82) is 0 Å². The van der Waals surface area contributed by atoms with Crippen LogP contribution in [0.3, 0.4) is 0 Å². The van der Waals surface area contributed by atoms with E-state index in [2.05, 4.69) is 40.5 Å². The predicted molar refractivity (Wildman–Crippen MR) is 133 cm³/mol. The van der Waals surface area contributed by atoms with E-state index in [4.69, 9.17) is 16.3 Å². The second kappa shape index (κ2) is 11.1. The van der Waals surface area contributed by atoms with E-state index < -0.39 is 5.82 Å². The third-order valence-corrected chi connectivity index (χ3v) is 5.68. The third-order valence-electron chi connectivity index (χ3n) is 5.37. The fraction of sp³-hybridized carbons (Fsp3) is 0.208. The topological polar surface area (TPSA) is 114 Å². The molecule has 1 aliphatic heterocycles. The first-order chi connectivity index (χ1) is 17.7. The predicted octanol–water partition coefficient (Wildman–Crippen LogP) is 4.99. The Morgan fingerprint density at radius 1 is 1.00 bits per heavy atom. The molecule has 0 aliphatic carbocycles. The first kappa shape index (κ1) is 23.6. The first-order valence-electron chi connectivity index (χ1n) is 11.2. The van der Waals surface area contributed by atoms with E-state index in [1.165, 1.54) is 6.33 Å². The molecule has 4 aromatic rings. The zero-order valence-corrected chi connectivity index (χ0v) is 19.8. The van der Waals surface area contributed by atoms with Crippen molar-refractivity contribution in [3.05, 3.63) is 78.0 Å². The number of aromatic nitrogens is 5. The van der Waals surface area contributed by atoms with Crippen molar-refractivity contribution in [3.8, 4) is 11.1 Å². The monoisotopic (exact) mass is 505 g/mol. The SMILES string of the molecule is Fc1cnc(N=NCc2ccc(Nc3ccc(-c4cncnc4)c(Cl)c3)cn2)nc1N1CCOCC1. The molecule has 1 aliphatic rings. The van der Waals surface area contributed by atoms with Crippen LogP contribution in [0.1, 0.15) is 5.69 Å². The molecule has 0 atom stereocenters. The van der Waals surface area contributed by atoms with E-state index in [0.29, 0.717) is 37.0 Å². The van der Waals surface area contributed by atoms with Gasteiger partial charge in [0.2, 0.25) is 0 Å². The molecule has 0 amide bonds. The van der Waals surface area contributed by atoms with Crippen LogP contribution in [0.5, 0.6) is 0 Å².